The van der Waals surface area contributed by atoms with Gasteiger partial charge in [0.05, 0.1) is 0 Å². The Hall–Kier alpha value is -1.56. The summed E-state index contributed by atoms with van der Waals surface area (Å²) in [4.78, 5) is 27.2. The minimum absolute atomic E-state index is 0.0164. The summed E-state index contributed by atoms with van der Waals surface area (Å²) in [6, 6.07) is 8.30. The monoisotopic (exact) mass is 381 g/mol. The average Bonchev–Trinajstić information content (AvgIpc) is 2.55. The smallest absolute Gasteiger partial charge is 0.225 e. The number of carbonyl (C=O) groups is 2. The van der Waals surface area contributed by atoms with Crippen LogP contribution in [0.3, 0.4) is 0 Å². The van der Waals surface area contributed by atoms with Crippen LogP contribution in [0.15, 0.2) is 24.3 Å². The maximum absolute atomic E-state index is 11.6. The second kappa shape index (κ2) is 8.34. The van der Waals surface area contributed by atoms with Gasteiger partial charge in [-0.3, -0.25) is 9.59 Å². The first kappa shape index (κ1) is 17.8. The number of alkyl halides is 1. The molecule has 1 heterocycles. The number of hydrogen-bond donors (Lipinski definition) is 1. The van der Waals surface area contributed by atoms with Crippen molar-refractivity contribution < 1.29 is 9.59 Å². The van der Waals surface area contributed by atoms with Gasteiger partial charge in [0.15, 0.2) is 0 Å². The number of halogens is 1. The molecule has 1 N–H and O–H groups in total. The molecule has 23 heavy (non-hydrogen) atoms. The molecule has 1 saturated heterocycles. The Labute approximate surface area is 146 Å². The highest BCUT2D eigenvalue weighted by Crippen LogP contribution is 2.23. The van der Waals surface area contributed by atoms with Gasteiger partial charge in [0.1, 0.15) is 0 Å². The van der Waals surface area contributed by atoms with Crippen LogP contribution in [0, 0.1) is 0 Å². The predicted molar refractivity (Wildman–Crippen MR) is 97.2 cm³/mol. The third kappa shape index (κ3) is 4.96. The molecule has 2 rings (SSSR count). The fourth-order valence-corrected chi connectivity index (χ4v) is 3.19. The molecule has 0 spiro atoms. The Morgan fingerprint density at radius 2 is 1.87 bits per heavy atom. The van der Waals surface area contributed by atoms with E-state index in [0.29, 0.717) is 17.8 Å². The highest BCUT2D eigenvalue weighted by Gasteiger charge is 2.23. The molecule has 5 nitrogen and oxygen atoms in total. The standard InChI is InChI=1S/C17H24BrN3O2/c1-13(22)20(2)15-8-11-21(12-9-15)16-5-3-14(4-6-16)19-17(23)7-10-18/h3-6,15H,7-12H2,1-2H3,(H,19,23). The Morgan fingerprint density at radius 3 is 2.39 bits per heavy atom. The van der Waals surface area contributed by atoms with Crippen LogP contribution in [-0.4, -0.2) is 48.2 Å². The molecule has 2 amide bonds. The molecule has 1 aromatic carbocycles. The zero-order valence-electron chi connectivity index (χ0n) is 13.7. The van der Waals surface area contributed by atoms with Crippen molar-refractivity contribution in [3.05, 3.63) is 24.3 Å². The summed E-state index contributed by atoms with van der Waals surface area (Å²) in [5.74, 6) is 0.148. The van der Waals surface area contributed by atoms with E-state index in [1.165, 1.54) is 0 Å². The van der Waals surface area contributed by atoms with Crippen LogP contribution in [0.2, 0.25) is 0 Å². The fourth-order valence-electron chi connectivity index (χ4n) is 2.83. The van der Waals surface area contributed by atoms with Crippen molar-refractivity contribution in [2.45, 2.75) is 32.2 Å². The second-order valence-electron chi connectivity index (χ2n) is 5.88. The van der Waals surface area contributed by atoms with E-state index in [0.717, 1.165) is 37.3 Å². The number of carbonyl (C=O) groups excluding carboxylic acids is 2. The van der Waals surface area contributed by atoms with Crippen LogP contribution >= 0.6 is 15.9 Å². The molecule has 1 aliphatic heterocycles. The lowest BCUT2D eigenvalue weighted by molar-refractivity contribution is -0.130. The molecule has 1 aliphatic rings. The molecule has 6 heteroatoms. The van der Waals surface area contributed by atoms with Crippen molar-refractivity contribution in [2.24, 2.45) is 0 Å². The van der Waals surface area contributed by atoms with Gasteiger partial charge < -0.3 is 15.1 Å². The Morgan fingerprint density at radius 1 is 1.26 bits per heavy atom. The van der Waals surface area contributed by atoms with Gasteiger partial charge in [0.2, 0.25) is 11.8 Å². The normalized spacial score (nSPS) is 15.3. The molecule has 126 valence electrons. The van der Waals surface area contributed by atoms with E-state index in [9.17, 15) is 9.59 Å². The molecule has 0 unspecified atom stereocenters. The number of nitrogens with zero attached hydrogens (tertiary/aromatic N) is 2. The van der Waals surface area contributed by atoms with Gasteiger partial charge in [-0.15, -0.1) is 0 Å². The highest BCUT2D eigenvalue weighted by molar-refractivity contribution is 9.09. The van der Waals surface area contributed by atoms with E-state index < -0.39 is 0 Å². The number of benzene rings is 1. The van der Waals surface area contributed by atoms with E-state index in [1.54, 1.807) is 6.92 Å². The first-order chi connectivity index (χ1) is 11.0. The Bertz CT molecular complexity index is 539. The van der Waals surface area contributed by atoms with Crippen molar-refractivity contribution in [1.82, 2.24) is 4.90 Å². The van der Waals surface area contributed by atoms with Crippen LogP contribution < -0.4 is 10.2 Å². The van der Waals surface area contributed by atoms with E-state index >= 15 is 0 Å². The molecule has 0 bridgehead atoms. The summed E-state index contributed by atoms with van der Waals surface area (Å²) in [5, 5.41) is 3.54. The number of piperidine rings is 1. The van der Waals surface area contributed by atoms with E-state index in [-0.39, 0.29) is 11.8 Å². The third-order valence-electron chi connectivity index (χ3n) is 4.35. The lowest BCUT2D eigenvalue weighted by atomic mass is 10.0. The van der Waals surface area contributed by atoms with Crippen LogP contribution in [0.25, 0.3) is 0 Å². The van der Waals surface area contributed by atoms with Gasteiger partial charge in [-0.1, -0.05) is 15.9 Å². The van der Waals surface area contributed by atoms with Gasteiger partial charge in [-0.05, 0) is 37.1 Å². The zero-order valence-corrected chi connectivity index (χ0v) is 15.3. The van der Waals surface area contributed by atoms with Crippen molar-refractivity contribution >= 4 is 39.1 Å². The van der Waals surface area contributed by atoms with Crippen molar-refractivity contribution in [3.63, 3.8) is 0 Å². The Balaban J connectivity index is 1.89. The summed E-state index contributed by atoms with van der Waals surface area (Å²) < 4.78 is 0. The molecule has 1 fully saturated rings. The summed E-state index contributed by atoms with van der Waals surface area (Å²) in [7, 11) is 1.88. The maximum atomic E-state index is 11.6. The van der Waals surface area contributed by atoms with Gasteiger partial charge >= 0.3 is 0 Å². The van der Waals surface area contributed by atoms with Crippen molar-refractivity contribution in [3.8, 4) is 0 Å². The average molecular weight is 382 g/mol. The Kier molecular flexibility index (Phi) is 6.45. The van der Waals surface area contributed by atoms with E-state index in [4.69, 9.17) is 0 Å². The topological polar surface area (TPSA) is 52.7 Å². The van der Waals surface area contributed by atoms with E-state index in [1.807, 2.05) is 36.2 Å². The zero-order chi connectivity index (χ0) is 16.8. The van der Waals surface area contributed by atoms with Gasteiger partial charge in [-0.2, -0.15) is 0 Å². The molecule has 1 aromatic rings. The summed E-state index contributed by atoms with van der Waals surface area (Å²) in [5.41, 5.74) is 1.98. The molecule has 0 saturated carbocycles. The highest BCUT2D eigenvalue weighted by atomic mass is 79.9. The largest absolute Gasteiger partial charge is 0.371 e. The molecule has 0 radical (unpaired) electrons. The first-order valence-electron chi connectivity index (χ1n) is 7.95. The van der Waals surface area contributed by atoms with Gasteiger partial charge in [0, 0.05) is 56.2 Å². The number of anilines is 2. The minimum Gasteiger partial charge on any atom is -0.371 e. The predicted octanol–water partition coefficient (Wildman–Crippen LogP) is 2.86. The maximum Gasteiger partial charge on any atom is 0.225 e. The molecular formula is C17H24BrN3O2. The SMILES string of the molecule is CC(=O)N(C)C1CCN(c2ccc(NC(=O)CCBr)cc2)CC1. The second-order valence-corrected chi connectivity index (χ2v) is 6.68. The third-order valence-corrected chi connectivity index (χ3v) is 4.74. The van der Waals surface area contributed by atoms with Crippen LogP contribution in [0.5, 0.6) is 0 Å². The molecule has 0 atom stereocenters. The minimum atomic E-state index is 0.0164. The van der Waals surface area contributed by atoms with Crippen LogP contribution in [-0.2, 0) is 9.59 Å². The molecular weight excluding hydrogens is 358 g/mol. The lowest BCUT2D eigenvalue weighted by Crippen LogP contribution is -2.45. The number of hydrogen-bond acceptors (Lipinski definition) is 3. The lowest BCUT2D eigenvalue weighted by Gasteiger charge is -2.37. The number of nitrogens with one attached hydrogen (secondary N) is 1. The first-order valence-corrected chi connectivity index (χ1v) is 9.07. The fraction of sp³-hybridized carbons (Fsp3) is 0.529. The quantitative estimate of drug-likeness (QED) is 0.797. The van der Waals surface area contributed by atoms with Crippen LogP contribution in [0.1, 0.15) is 26.2 Å². The van der Waals surface area contributed by atoms with Crippen molar-refractivity contribution in [2.75, 3.05) is 35.7 Å². The van der Waals surface area contributed by atoms with Gasteiger partial charge in [-0.25, -0.2) is 0 Å². The van der Waals surface area contributed by atoms with Gasteiger partial charge in [0.25, 0.3) is 0 Å². The summed E-state index contributed by atoms with van der Waals surface area (Å²) in [6.45, 7) is 3.50. The number of rotatable bonds is 5. The molecule has 0 aliphatic carbocycles. The number of amides is 2. The van der Waals surface area contributed by atoms with Crippen LogP contribution in [0.4, 0.5) is 11.4 Å². The summed E-state index contributed by atoms with van der Waals surface area (Å²) >= 11 is 3.26. The van der Waals surface area contributed by atoms with Crippen molar-refractivity contribution in [1.29, 1.82) is 0 Å². The van der Waals surface area contributed by atoms with E-state index in [2.05, 4.69) is 26.1 Å². The summed E-state index contributed by atoms with van der Waals surface area (Å²) in [6.07, 6.45) is 2.44. The molecule has 0 aromatic heterocycles.